The summed E-state index contributed by atoms with van der Waals surface area (Å²) in [5.41, 5.74) is 2.77. The SMILES string of the molecule is O=C1CCC(N2C(=O)c3ccc(CN4CCN(Cc5ccc(-c6ccc(Cl)cc6)s5)CC4)cc3C2=O)C(=O)N1. The largest absolute Gasteiger partial charge is 0.297 e. The van der Waals surface area contributed by atoms with Crippen molar-refractivity contribution >= 4 is 46.6 Å². The summed E-state index contributed by atoms with van der Waals surface area (Å²) in [4.78, 5) is 58.2. The standard InChI is InChI=1S/C29H27ClN4O4S/c30-20-4-2-19(3-5-20)25-9-6-21(39-25)17-33-13-11-32(12-14-33)16-18-1-7-22-23(15-18)29(38)34(28(22)37)24-8-10-26(35)31-27(24)36/h1-7,9,15,24H,8,10-14,16-17H2,(H,31,35,36). The van der Waals surface area contributed by atoms with Crippen LogP contribution in [0.3, 0.4) is 0 Å². The Morgan fingerprint density at radius 3 is 2.23 bits per heavy atom. The first-order valence-corrected chi connectivity index (χ1v) is 14.2. The molecule has 3 aliphatic heterocycles. The Labute approximate surface area is 235 Å². The van der Waals surface area contributed by atoms with Gasteiger partial charge in [0.15, 0.2) is 0 Å². The van der Waals surface area contributed by atoms with Crippen LogP contribution >= 0.6 is 22.9 Å². The number of carbonyl (C=O) groups is 4. The number of carbonyl (C=O) groups excluding carboxylic acids is 4. The summed E-state index contributed by atoms with van der Waals surface area (Å²) in [6.45, 7) is 5.29. The molecule has 2 aromatic carbocycles. The molecule has 0 bridgehead atoms. The molecule has 1 atom stereocenters. The Morgan fingerprint density at radius 1 is 0.821 bits per heavy atom. The number of hydrogen-bond donors (Lipinski definition) is 1. The molecule has 200 valence electrons. The van der Waals surface area contributed by atoms with Gasteiger partial charge >= 0.3 is 0 Å². The Balaban J connectivity index is 1.05. The second-order valence-electron chi connectivity index (χ2n) is 10.2. The molecule has 3 aliphatic rings. The molecule has 8 nitrogen and oxygen atoms in total. The van der Waals surface area contributed by atoms with Gasteiger partial charge in [0.2, 0.25) is 11.8 Å². The summed E-state index contributed by atoms with van der Waals surface area (Å²) in [6, 6.07) is 16.7. The third-order valence-corrected chi connectivity index (χ3v) is 8.92. The van der Waals surface area contributed by atoms with Crippen LogP contribution in [0.5, 0.6) is 0 Å². The number of piperazine rings is 1. The van der Waals surface area contributed by atoms with E-state index in [1.54, 1.807) is 12.1 Å². The zero-order chi connectivity index (χ0) is 27.1. The minimum atomic E-state index is -0.947. The second-order valence-corrected chi connectivity index (χ2v) is 11.8. The molecule has 0 spiro atoms. The number of nitrogens with zero attached hydrogens (tertiary/aromatic N) is 3. The highest BCUT2D eigenvalue weighted by atomic mass is 35.5. The second kappa shape index (κ2) is 10.7. The third kappa shape index (κ3) is 5.27. The number of thiophene rings is 1. The number of nitrogens with one attached hydrogen (secondary N) is 1. The van der Waals surface area contributed by atoms with E-state index in [9.17, 15) is 19.2 Å². The highest BCUT2D eigenvalue weighted by Gasteiger charge is 2.44. The maximum Gasteiger partial charge on any atom is 0.262 e. The predicted octanol–water partition coefficient (Wildman–Crippen LogP) is 3.79. The van der Waals surface area contributed by atoms with Crippen LogP contribution in [0.2, 0.25) is 5.02 Å². The molecule has 4 amide bonds. The van der Waals surface area contributed by atoms with Crippen molar-refractivity contribution in [1.82, 2.24) is 20.0 Å². The monoisotopic (exact) mass is 562 g/mol. The fourth-order valence-electron chi connectivity index (χ4n) is 5.43. The molecule has 2 saturated heterocycles. The Kier molecular flexibility index (Phi) is 7.07. The molecule has 1 aromatic heterocycles. The number of fused-ring (bicyclic) bond motifs is 1. The minimum Gasteiger partial charge on any atom is -0.297 e. The summed E-state index contributed by atoms with van der Waals surface area (Å²) in [5, 5.41) is 2.97. The van der Waals surface area contributed by atoms with E-state index >= 15 is 0 Å². The molecule has 0 radical (unpaired) electrons. The lowest BCUT2D eigenvalue weighted by atomic mass is 10.0. The van der Waals surface area contributed by atoms with Crippen LogP contribution in [0.25, 0.3) is 10.4 Å². The quantitative estimate of drug-likeness (QED) is 0.460. The number of amides is 4. The third-order valence-electron chi connectivity index (χ3n) is 7.55. The van der Waals surface area contributed by atoms with E-state index in [0.717, 1.165) is 48.2 Å². The smallest absolute Gasteiger partial charge is 0.262 e. The number of hydrogen-bond acceptors (Lipinski definition) is 7. The van der Waals surface area contributed by atoms with Crippen molar-refractivity contribution in [3.8, 4) is 10.4 Å². The molecule has 10 heteroatoms. The highest BCUT2D eigenvalue weighted by molar-refractivity contribution is 7.15. The Morgan fingerprint density at radius 2 is 1.51 bits per heavy atom. The van der Waals surface area contributed by atoms with Gasteiger partial charge < -0.3 is 0 Å². The summed E-state index contributed by atoms with van der Waals surface area (Å²) < 4.78 is 0. The van der Waals surface area contributed by atoms with Gasteiger partial charge in [-0.3, -0.25) is 39.2 Å². The average molecular weight is 563 g/mol. The van der Waals surface area contributed by atoms with Crippen molar-refractivity contribution in [2.45, 2.75) is 32.0 Å². The number of halogens is 1. The van der Waals surface area contributed by atoms with Crippen molar-refractivity contribution in [2.75, 3.05) is 26.2 Å². The van der Waals surface area contributed by atoms with Crippen molar-refractivity contribution in [3.63, 3.8) is 0 Å². The maximum atomic E-state index is 13.1. The van der Waals surface area contributed by atoms with Crippen LogP contribution in [0, 0.1) is 0 Å². The van der Waals surface area contributed by atoms with E-state index in [0.29, 0.717) is 17.7 Å². The average Bonchev–Trinajstić information content (AvgIpc) is 3.48. The van der Waals surface area contributed by atoms with Crippen molar-refractivity contribution in [1.29, 1.82) is 0 Å². The van der Waals surface area contributed by atoms with Crippen LogP contribution in [0.1, 0.15) is 44.0 Å². The summed E-state index contributed by atoms with van der Waals surface area (Å²) in [6.07, 6.45) is 0.262. The van der Waals surface area contributed by atoms with E-state index in [1.165, 1.54) is 15.3 Å². The molecule has 39 heavy (non-hydrogen) atoms. The number of piperidine rings is 1. The van der Waals surface area contributed by atoms with Crippen molar-refractivity contribution in [3.05, 3.63) is 81.2 Å². The summed E-state index contributed by atoms with van der Waals surface area (Å²) >= 11 is 7.82. The lowest BCUT2D eigenvalue weighted by Gasteiger charge is -2.34. The van der Waals surface area contributed by atoms with Gasteiger partial charge in [0.25, 0.3) is 11.8 Å². The minimum absolute atomic E-state index is 0.108. The first-order chi connectivity index (χ1) is 18.9. The molecule has 2 fully saturated rings. The normalized spacial score (nSPS) is 20.4. The lowest BCUT2D eigenvalue weighted by molar-refractivity contribution is -0.136. The van der Waals surface area contributed by atoms with Gasteiger partial charge in [0.05, 0.1) is 11.1 Å². The van der Waals surface area contributed by atoms with E-state index < -0.39 is 23.8 Å². The van der Waals surface area contributed by atoms with Crippen LogP contribution < -0.4 is 5.32 Å². The molecule has 4 heterocycles. The molecule has 0 aliphatic carbocycles. The summed E-state index contributed by atoms with van der Waals surface area (Å²) in [7, 11) is 0. The van der Waals surface area contributed by atoms with Gasteiger partial charge in [-0.2, -0.15) is 0 Å². The highest BCUT2D eigenvalue weighted by Crippen LogP contribution is 2.31. The number of rotatable bonds is 6. The van der Waals surface area contributed by atoms with Crippen LogP contribution in [-0.2, 0) is 22.7 Å². The first kappa shape index (κ1) is 25.9. The van der Waals surface area contributed by atoms with E-state index in [2.05, 4.69) is 27.2 Å². The fraction of sp³-hybridized carbons (Fsp3) is 0.310. The number of benzene rings is 2. The zero-order valence-electron chi connectivity index (χ0n) is 21.2. The molecular formula is C29H27ClN4O4S. The maximum absolute atomic E-state index is 13.1. The van der Waals surface area contributed by atoms with Gasteiger partial charge in [-0.05, 0) is 53.9 Å². The van der Waals surface area contributed by atoms with Crippen molar-refractivity contribution < 1.29 is 19.2 Å². The van der Waals surface area contributed by atoms with Crippen LogP contribution in [-0.4, -0.2) is 70.5 Å². The first-order valence-electron chi connectivity index (χ1n) is 13.0. The topological polar surface area (TPSA) is 90.0 Å². The van der Waals surface area contributed by atoms with Crippen molar-refractivity contribution in [2.24, 2.45) is 0 Å². The van der Waals surface area contributed by atoms with Gasteiger partial charge in [-0.15, -0.1) is 11.3 Å². The van der Waals surface area contributed by atoms with Gasteiger partial charge in [-0.25, -0.2) is 0 Å². The summed E-state index contributed by atoms with van der Waals surface area (Å²) in [5.74, 6) is -1.92. The van der Waals surface area contributed by atoms with Gasteiger partial charge in [0, 0.05) is 60.5 Å². The number of imide groups is 2. The van der Waals surface area contributed by atoms with Gasteiger partial charge in [0.1, 0.15) is 6.04 Å². The zero-order valence-corrected chi connectivity index (χ0v) is 22.8. The predicted molar refractivity (Wildman–Crippen MR) is 148 cm³/mol. The van der Waals surface area contributed by atoms with E-state index in [4.69, 9.17) is 11.6 Å². The Hall–Kier alpha value is -3.37. The molecular weight excluding hydrogens is 536 g/mol. The van der Waals surface area contributed by atoms with Gasteiger partial charge in [-0.1, -0.05) is 29.8 Å². The molecule has 6 rings (SSSR count). The molecule has 1 unspecified atom stereocenters. The lowest BCUT2D eigenvalue weighted by Crippen LogP contribution is -2.54. The molecule has 3 aromatic rings. The molecule has 1 N–H and O–H groups in total. The van der Waals surface area contributed by atoms with Crippen LogP contribution in [0.15, 0.2) is 54.6 Å². The molecule has 0 saturated carbocycles. The van der Waals surface area contributed by atoms with Crippen LogP contribution in [0.4, 0.5) is 0 Å². The van der Waals surface area contributed by atoms with E-state index in [1.807, 2.05) is 41.7 Å². The Bertz CT molecular complexity index is 1460. The fourth-order valence-corrected chi connectivity index (χ4v) is 6.61. The van der Waals surface area contributed by atoms with E-state index in [-0.39, 0.29) is 18.7 Å².